The lowest BCUT2D eigenvalue weighted by Crippen LogP contribution is -2.29. The Labute approximate surface area is 226 Å². The number of hydrogen-bond donors (Lipinski definition) is 2. The van der Waals surface area contributed by atoms with Crippen molar-refractivity contribution in [1.29, 1.82) is 0 Å². The number of benzene rings is 1. The van der Waals surface area contributed by atoms with Crippen LogP contribution < -0.4 is 10.6 Å². The number of piperidine rings is 1. The summed E-state index contributed by atoms with van der Waals surface area (Å²) in [5, 5.41) is 10.4. The Kier molecular flexibility index (Phi) is 6.90. The van der Waals surface area contributed by atoms with Crippen LogP contribution in [0.4, 0.5) is 4.39 Å². The van der Waals surface area contributed by atoms with Crippen molar-refractivity contribution in [3.05, 3.63) is 95.1 Å². The van der Waals surface area contributed by atoms with Gasteiger partial charge in [0.15, 0.2) is 0 Å². The average Bonchev–Trinajstić information content (AvgIpc) is 3.58. The van der Waals surface area contributed by atoms with Crippen molar-refractivity contribution < 1.29 is 4.39 Å². The second-order valence-electron chi connectivity index (χ2n) is 10.1. The summed E-state index contributed by atoms with van der Waals surface area (Å²) < 4.78 is 14.6. The smallest absolute Gasteiger partial charge is 0.132 e. The van der Waals surface area contributed by atoms with Crippen molar-refractivity contribution in [1.82, 2.24) is 30.0 Å². The van der Waals surface area contributed by atoms with Crippen LogP contribution >= 0.6 is 0 Å². The maximum atomic E-state index is 14.6. The van der Waals surface area contributed by atoms with Crippen LogP contribution in [0.1, 0.15) is 37.3 Å². The van der Waals surface area contributed by atoms with Gasteiger partial charge in [-0.15, -0.1) is 0 Å². The molecule has 1 aliphatic rings. The SMILES string of the molecule is C=C(/C=c1/c(-c2cc3c(-c4ccccc4F)nccc3[nH]2)n[nH]/c1=C/C)c1cncc(CN2CCCCC2)c1. The summed E-state index contributed by atoms with van der Waals surface area (Å²) >= 11 is 0. The number of fused-ring (bicyclic) bond motifs is 1. The zero-order chi connectivity index (χ0) is 26.8. The Morgan fingerprint density at radius 3 is 2.74 bits per heavy atom. The molecule has 1 aromatic carbocycles. The van der Waals surface area contributed by atoms with Gasteiger partial charge < -0.3 is 4.98 Å². The second-order valence-corrected chi connectivity index (χ2v) is 10.1. The lowest BCUT2D eigenvalue weighted by atomic mass is 10.0. The molecule has 7 heteroatoms. The van der Waals surface area contributed by atoms with Crippen molar-refractivity contribution in [3.8, 4) is 22.6 Å². The molecule has 1 fully saturated rings. The van der Waals surface area contributed by atoms with Gasteiger partial charge in [-0.2, -0.15) is 5.10 Å². The van der Waals surface area contributed by atoms with E-state index < -0.39 is 0 Å². The van der Waals surface area contributed by atoms with Crippen LogP contribution in [0.3, 0.4) is 0 Å². The number of aromatic amines is 2. The fourth-order valence-corrected chi connectivity index (χ4v) is 5.37. The predicted molar refractivity (Wildman–Crippen MR) is 155 cm³/mol. The molecule has 0 aliphatic carbocycles. The summed E-state index contributed by atoms with van der Waals surface area (Å²) in [5.74, 6) is -0.302. The Balaban J connectivity index is 1.38. The first kappa shape index (κ1) is 24.9. The largest absolute Gasteiger partial charge is 0.353 e. The first-order chi connectivity index (χ1) is 19.1. The third kappa shape index (κ3) is 5.05. The molecule has 196 valence electrons. The summed E-state index contributed by atoms with van der Waals surface area (Å²) in [5.41, 5.74) is 6.55. The van der Waals surface area contributed by atoms with Gasteiger partial charge in [-0.3, -0.25) is 20.0 Å². The van der Waals surface area contributed by atoms with E-state index in [-0.39, 0.29) is 5.82 Å². The van der Waals surface area contributed by atoms with Crippen LogP contribution in [0.5, 0.6) is 0 Å². The van der Waals surface area contributed by atoms with Crippen molar-refractivity contribution >= 4 is 28.6 Å². The standard InChI is InChI=1S/C32H31FN6/c1-3-28-25(15-21(2)23-16-22(18-34-19-23)20-39-13-7-4-8-14-39)32(38-37-28)30-17-26-29(36-30)11-12-35-31(26)24-9-5-6-10-27(24)33/h3,5-6,9-12,15-19,36-37H,2,4,7-8,13-14,20H2,1H3/b25-15+,28-3+. The summed E-state index contributed by atoms with van der Waals surface area (Å²) in [6.45, 7) is 9.55. The molecule has 0 saturated carbocycles. The second kappa shape index (κ2) is 10.8. The third-order valence-electron chi connectivity index (χ3n) is 7.39. The molecule has 0 bridgehead atoms. The highest BCUT2D eigenvalue weighted by molar-refractivity contribution is 5.96. The van der Waals surface area contributed by atoms with Gasteiger partial charge in [0.1, 0.15) is 11.5 Å². The van der Waals surface area contributed by atoms with E-state index in [0.29, 0.717) is 11.3 Å². The van der Waals surface area contributed by atoms with Crippen LogP contribution in [-0.4, -0.2) is 43.1 Å². The molecule has 6 nitrogen and oxygen atoms in total. The number of pyridine rings is 2. The Bertz CT molecular complexity index is 1770. The van der Waals surface area contributed by atoms with E-state index in [1.165, 1.54) is 30.9 Å². The topological polar surface area (TPSA) is 73.5 Å². The highest BCUT2D eigenvalue weighted by Gasteiger charge is 2.15. The van der Waals surface area contributed by atoms with Crippen LogP contribution in [0.15, 0.2) is 67.6 Å². The van der Waals surface area contributed by atoms with Crippen molar-refractivity contribution in [2.24, 2.45) is 0 Å². The minimum absolute atomic E-state index is 0.302. The van der Waals surface area contributed by atoms with Crippen LogP contribution in [0.25, 0.3) is 51.3 Å². The lowest BCUT2D eigenvalue weighted by molar-refractivity contribution is 0.220. The summed E-state index contributed by atoms with van der Waals surface area (Å²) in [6, 6.07) is 12.8. The summed E-state index contributed by atoms with van der Waals surface area (Å²) in [7, 11) is 0. The van der Waals surface area contributed by atoms with E-state index in [1.54, 1.807) is 18.3 Å². The molecular weight excluding hydrogens is 487 g/mol. The molecule has 5 aromatic rings. The van der Waals surface area contributed by atoms with Gasteiger partial charge in [0.25, 0.3) is 0 Å². The normalized spacial score (nSPS) is 15.3. The molecule has 39 heavy (non-hydrogen) atoms. The zero-order valence-corrected chi connectivity index (χ0v) is 22.0. The van der Waals surface area contributed by atoms with Crippen molar-refractivity contribution in [3.63, 3.8) is 0 Å². The maximum absolute atomic E-state index is 14.6. The number of likely N-dealkylation sites (tertiary alicyclic amines) is 1. The minimum atomic E-state index is -0.302. The van der Waals surface area contributed by atoms with Crippen LogP contribution in [0.2, 0.25) is 0 Å². The van der Waals surface area contributed by atoms with E-state index >= 15 is 0 Å². The number of hydrogen-bond acceptors (Lipinski definition) is 4. The molecule has 0 atom stereocenters. The quantitative estimate of drug-likeness (QED) is 0.314. The van der Waals surface area contributed by atoms with Gasteiger partial charge >= 0.3 is 0 Å². The molecule has 4 aromatic heterocycles. The van der Waals surface area contributed by atoms with Gasteiger partial charge in [0.2, 0.25) is 0 Å². The summed E-state index contributed by atoms with van der Waals surface area (Å²) in [6.07, 6.45) is 13.4. The Hall–Kier alpha value is -4.36. The molecule has 6 rings (SSSR count). The van der Waals surface area contributed by atoms with Crippen LogP contribution in [-0.2, 0) is 6.54 Å². The molecule has 5 heterocycles. The molecule has 0 amide bonds. The summed E-state index contributed by atoms with van der Waals surface area (Å²) in [4.78, 5) is 15.0. The molecule has 0 unspecified atom stereocenters. The molecule has 2 N–H and O–H groups in total. The zero-order valence-electron chi connectivity index (χ0n) is 22.0. The molecule has 0 radical (unpaired) electrons. The molecule has 1 saturated heterocycles. The number of allylic oxidation sites excluding steroid dienone is 1. The first-order valence-corrected chi connectivity index (χ1v) is 13.4. The number of halogens is 1. The number of nitrogens with zero attached hydrogens (tertiary/aromatic N) is 4. The number of H-pyrrole nitrogens is 2. The minimum Gasteiger partial charge on any atom is -0.353 e. The van der Waals surface area contributed by atoms with Crippen LogP contribution in [0, 0.1) is 5.82 Å². The fourth-order valence-electron chi connectivity index (χ4n) is 5.37. The van der Waals surface area contributed by atoms with E-state index in [4.69, 9.17) is 0 Å². The van der Waals surface area contributed by atoms with Gasteiger partial charge in [0, 0.05) is 46.8 Å². The van der Waals surface area contributed by atoms with Gasteiger partial charge in [-0.1, -0.05) is 31.2 Å². The number of aromatic nitrogens is 5. The van der Waals surface area contributed by atoms with Gasteiger partial charge in [-0.25, -0.2) is 4.39 Å². The average molecular weight is 519 g/mol. The molecular formula is C32H31FN6. The van der Waals surface area contributed by atoms with Crippen molar-refractivity contribution in [2.45, 2.75) is 32.7 Å². The van der Waals surface area contributed by atoms with E-state index in [1.807, 2.05) is 43.6 Å². The highest BCUT2D eigenvalue weighted by atomic mass is 19.1. The monoisotopic (exact) mass is 518 g/mol. The lowest BCUT2D eigenvalue weighted by Gasteiger charge is -2.26. The molecule has 0 spiro atoms. The van der Waals surface area contributed by atoms with E-state index in [9.17, 15) is 4.39 Å². The Morgan fingerprint density at radius 1 is 1.08 bits per heavy atom. The van der Waals surface area contributed by atoms with E-state index in [2.05, 4.69) is 48.8 Å². The molecule has 1 aliphatic heterocycles. The van der Waals surface area contributed by atoms with Crippen molar-refractivity contribution in [2.75, 3.05) is 13.1 Å². The maximum Gasteiger partial charge on any atom is 0.132 e. The third-order valence-corrected chi connectivity index (χ3v) is 7.39. The van der Waals surface area contributed by atoms with E-state index in [0.717, 1.165) is 63.6 Å². The van der Waals surface area contributed by atoms with Gasteiger partial charge in [0.05, 0.1) is 16.7 Å². The Morgan fingerprint density at radius 2 is 1.92 bits per heavy atom. The number of rotatable bonds is 6. The number of nitrogens with one attached hydrogen (secondary N) is 2. The highest BCUT2D eigenvalue weighted by Crippen LogP contribution is 2.31. The van der Waals surface area contributed by atoms with Gasteiger partial charge in [-0.05, 0) is 86.0 Å². The fraction of sp³-hybridized carbons (Fsp3) is 0.219. The predicted octanol–water partition coefficient (Wildman–Crippen LogP) is 5.43. The first-order valence-electron chi connectivity index (χ1n) is 13.4.